The Balaban J connectivity index is 2.90. The summed E-state index contributed by atoms with van der Waals surface area (Å²) in [6.07, 6.45) is 1.33. The van der Waals surface area contributed by atoms with Gasteiger partial charge in [0.15, 0.2) is 5.69 Å². The van der Waals surface area contributed by atoms with Gasteiger partial charge in [-0.2, -0.15) is 0 Å². The van der Waals surface area contributed by atoms with Gasteiger partial charge in [-0.15, -0.1) is 5.10 Å². The molecule has 94 valence electrons. The fourth-order valence-corrected chi connectivity index (χ4v) is 1.45. The lowest BCUT2D eigenvalue weighted by Crippen LogP contribution is -2.31. The number of hydrogen-bond donors (Lipinski definition) is 2. The summed E-state index contributed by atoms with van der Waals surface area (Å²) in [5, 5.41) is 25.4. The van der Waals surface area contributed by atoms with E-state index in [9.17, 15) is 14.9 Å². The van der Waals surface area contributed by atoms with Gasteiger partial charge in [0, 0.05) is 13.1 Å². The predicted molar refractivity (Wildman–Crippen MR) is 59.9 cm³/mol. The minimum Gasteiger partial charge on any atom is -0.481 e. The zero-order chi connectivity index (χ0) is 13.0. The summed E-state index contributed by atoms with van der Waals surface area (Å²) >= 11 is 0. The summed E-state index contributed by atoms with van der Waals surface area (Å²) in [6, 6.07) is 0. The van der Waals surface area contributed by atoms with Crippen LogP contribution in [0.25, 0.3) is 0 Å². The number of aromatic nitrogens is 2. The van der Waals surface area contributed by atoms with Crippen molar-refractivity contribution in [1.82, 2.24) is 10.2 Å². The molecule has 0 aliphatic rings. The van der Waals surface area contributed by atoms with Crippen LogP contribution in [0.3, 0.4) is 0 Å². The molecule has 2 N–H and O–H groups in total. The van der Waals surface area contributed by atoms with E-state index in [1.807, 2.05) is 0 Å². The summed E-state index contributed by atoms with van der Waals surface area (Å²) < 4.78 is 0. The van der Waals surface area contributed by atoms with Crippen molar-refractivity contribution >= 4 is 17.5 Å². The van der Waals surface area contributed by atoms with E-state index >= 15 is 0 Å². The van der Waals surface area contributed by atoms with Crippen molar-refractivity contribution in [3.05, 3.63) is 16.3 Å². The third kappa shape index (κ3) is 2.92. The minimum absolute atomic E-state index is 0.201. The summed E-state index contributed by atoms with van der Waals surface area (Å²) in [5.41, 5.74) is 0.311. The topological polar surface area (TPSA) is 112 Å². The molecule has 1 rings (SSSR count). The quantitative estimate of drug-likeness (QED) is 0.565. The molecule has 8 heteroatoms. The van der Waals surface area contributed by atoms with Gasteiger partial charge in [0.1, 0.15) is 6.20 Å². The number of hydrogen-bond acceptors (Lipinski definition) is 5. The first kappa shape index (κ1) is 12.9. The van der Waals surface area contributed by atoms with E-state index in [0.717, 1.165) is 0 Å². The van der Waals surface area contributed by atoms with Gasteiger partial charge in [-0.3, -0.25) is 4.79 Å². The zero-order valence-electron chi connectivity index (χ0n) is 9.58. The number of nitrogens with zero attached hydrogens (tertiary/aromatic N) is 3. The normalized spacial score (nSPS) is 12.1. The Hall–Kier alpha value is -2.12. The second-order valence-corrected chi connectivity index (χ2v) is 3.64. The van der Waals surface area contributed by atoms with Crippen molar-refractivity contribution in [2.75, 3.05) is 18.0 Å². The number of nitrogens with one attached hydrogen (secondary N) is 1. The van der Waals surface area contributed by atoms with E-state index in [1.54, 1.807) is 18.7 Å². The fraction of sp³-hybridized carbons (Fsp3) is 0.556. The van der Waals surface area contributed by atoms with E-state index in [1.165, 1.54) is 6.20 Å². The molecular weight excluding hydrogens is 228 g/mol. The highest BCUT2D eigenvalue weighted by Gasteiger charge is 2.23. The largest absolute Gasteiger partial charge is 0.481 e. The van der Waals surface area contributed by atoms with Crippen molar-refractivity contribution in [2.24, 2.45) is 5.92 Å². The monoisotopic (exact) mass is 242 g/mol. The standard InChI is InChI=1S/C9H14N4O4/c1-3-12(5-6(2)9(14)15)7-4-10-11-8(7)13(16)17/h4,6H,3,5H2,1-2H3,(H,10,11)(H,14,15). The lowest BCUT2D eigenvalue weighted by molar-refractivity contribution is -0.388. The van der Waals surface area contributed by atoms with E-state index in [0.29, 0.717) is 12.2 Å². The molecule has 0 spiro atoms. The van der Waals surface area contributed by atoms with Crippen molar-refractivity contribution in [3.8, 4) is 0 Å². The molecule has 1 unspecified atom stereocenters. The number of anilines is 1. The first-order chi connectivity index (χ1) is 7.97. The van der Waals surface area contributed by atoms with Gasteiger partial charge in [0.2, 0.25) is 0 Å². The van der Waals surface area contributed by atoms with Crippen molar-refractivity contribution in [1.29, 1.82) is 0 Å². The van der Waals surface area contributed by atoms with Crippen LogP contribution in [0.15, 0.2) is 6.20 Å². The molecule has 1 aromatic rings. The molecule has 0 fully saturated rings. The van der Waals surface area contributed by atoms with Gasteiger partial charge in [-0.05, 0) is 11.8 Å². The van der Waals surface area contributed by atoms with Gasteiger partial charge in [0.05, 0.1) is 5.92 Å². The number of rotatable bonds is 6. The highest BCUT2D eigenvalue weighted by atomic mass is 16.6. The minimum atomic E-state index is -0.936. The average molecular weight is 242 g/mol. The van der Waals surface area contributed by atoms with Crippen LogP contribution in [0, 0.1) is 16.0 Å². The molecule has 1 atom stereocenters. The van der Waals surface area contributed by atoms with Crippen molar-refractivity contribution < 1.29 is 14.8 Å². The molecule has 1 aromatic heterocycles. The predicted octanol–water partition coefficient (Wildman–Crippen LogP) is 0.865. The summed E-state index contributed by atoms with van der Waals surface area (Å²) in [7, 11) is 0. The van der Waals surface area contributed by atoms with E-state index < -0.39 is 16.8 Å². The molecule has 0 saturated heterocycles. The summed E-state index contributed by atoms with van der Waals surface area (Å²) in [5.74, 6) is -1.76. The Morgan fingerprint density at radius 2 is 2.41 bits per heavy atom. The molecular formula is C9H14N4O4. The van der Waals surface area contributed by atoms with Gasteiger partial charge in [0.25, 0.3) is 0 Å². The number of aromatic amines is 1. The van der Waals surface area contributed by atoms with E-state index in [-0.39, 0.29) is 12.4 Å². The van der Waals surface area contributed by atoms with Crippen molar-refractivity contribution in [2.45, 2.75) is 13.8 Å². The molecule has 0 bridgehead atoms. The van der Waals surface area contributed by atoms with Crippen LogP contribution < -0.4 is 4.90 Å². The maximum absolute atomic E-state index is 10.8. The smallest absolute Gasteiger partial charge is 0.366 e. The number of carboxylic acids is 1. The third-order valence-electron chi connectivity index (χ3n) is 2.42. The van der Waals surface area contributed by atoms with Gasteiger partial charge in [-0.25, -0.2) is 0 Å². The van der Waals surface area contributed by atoms with Crippen molar-refractivity contribution in [3.63, 3.8) is 0 Å². The second kappa shape index (κ2) is 5.28. The van der Waals surface area contributed by atoms with Crippen LogP contribution in [0.5, 0.6) is 0 Å². The average Bonchev–Trinajstić information content (AvgIpc) is 2.73. The maximum atomic E-state index is 10.8. The van der Waals surface area contributed by atoms with Crippen LogP contribution in [0.1, 0.15) is 13.8 Å². The molecule has 0 aliphatic heterocycles. The fourth-order valence-electron chi connectivity index (χ4n) is 1.45. The van der Waals surface area contributed by atoms with Crippen LogP contribution in [0.2, 0.25) is 0 Å². The Morgan fingerprint density at radius 3 is 2.88 bits per heavy atom. The molecule has 8 nitrogen and oxygen atoms in total. The highest BCUT2D eigenvalue weighted by molar-refractivity contribution is 5.71. The Bertz CT molecular complexity index is 417. The zero-order valence-corrected chi connectivity index (χ0v) is 9.58. The van der Waals surface area contributed by atoms with Crippen LogP contribution in [-0.4, -0.2) is 39.3 Å². The first-order valence-corrected chi connectivity index (χ1v) is 5.12. The van der Waals surface area contributed by atoms with Gasteiger partial charge < -0.3 is 20.1 Å². The van der Waals surface area contributed by atoms with Crippen LogP contribution in [0.4, 0.5) is 11.5 Å². The Labute approximate surface area is 97.4 Å². The second-order valence-electron chi connectivity index (χ2n) is 3.64. The number of nitro groups is 1. The number of carbonyl (C=O) groups is 1. The maximum Gasteiger partial charge on any atom is 0.366 e. The first-order valence-electron chi connectivity index (χ1n) is 5.12. The molecule has 0 saturated carbocycles. The van der Waals surface area contributed by atoms with Gasteiger partial charge in [-0.1, -0.05) is 12.0 Å². The highest BCUT2D eigenvalue weighted by Crippen LogP contribution is 2.25. The van der Waals surface area contributed by atoms with Crippen LogP contribution >= 0.6 is 0 Å². The lowest BCUT2D eigenvalue weighted by atomic mass is 10.1. The van der Waals surface area contributed by atoms with E-state index in [2.05, 4.69) is 10.2 Å². The number of H-pyrrole nitrogens is 1. The molecule has 0 amide bonds. The molecule has 1 heterocycles. The summed E-state index contributed by atoms with van der Waals surface area (Å²) in [4.78, 5) is 22.5. The summed E-state index contributed by atoms with van der Waals surface area (Å²) in [6.45, 7) is 4.02. The molecule has 0 radical (unpaired) electrons. The lowest BCUT2D eigenvalue weighted by Gasteiger charge is -2.22. The van der Waals surface area contributed by atoms with E-state index in [4.69, 9.17) is 5.11 Å². The SMILES string of the molecule is CCN(CC(C)C(=O)O)c1cn[nH]c1[N+](=O)[O-]. The molecule has 0 aliphatic carbocycles. The molecule has 17 heavy (non-hydrogen) atoms. The Kier molecular flexibility index (Phi) is 4.02. The number of aliphatic carboxylic acids is 1. The number of carboxylic acid groups (broad SMARTS) is 1. The van der Waals surface area contributed by atoms with Crippen LogP contribution in [-0.2, 0) is 4.79 Å². The van der Waals surface area contributed by atoms with Gasteiger partial charge >= 0.3 is 11.8 Å². The third-order valence-corrected chi connectivity index (χ3v) is 2.42. The molecule has 0 aromatic carbocycles. The Morgan fingerprint density at radius 1 is 1.76 bits per heavy atom.